The van der Waals surface area contributed by atoms with Crippen molar-refractivity contribution in [3.05, 3.63) is 84.4 Å². The fraction of sp³-hybridized carbons (Fsp3) is 0.269. The van der Waals surface area contributed by atoms with Gasteiger partial charge in [-0.3, -0.25) is 4.90 Å². The smallest absolute Gasteiger partial charge is 0.279 e. The third-order valence-electron chi connectivity index (χ3n) is 5.84. The second-order valence-electron chi connectivity index (χ2n) is 7.90. The van der Waals surface area contributed by atoms with Crippen LogP contribution in [0.1, 0.15) is 24.3 Å². The van der Waals surface area contributed by atoms with Crippen LogP contribution in [-0.4, -0.2) is 36.1 Å². The van der Waals surface area contributed by atoms with Gasteiger partial charge in [0.25, 0.3) is 5.19 Å². The number of aromatic nitrogens is 1. The quantitative estimate of drug-likeness (QED) is 0.342. The summed E-state index contributed by atoms with van der Waals surface area (Å²) in [5, 5.41) is 0.661. The van der Waals surface area contributed by atoms with Gasteiger partial charge < -0.3 is 9.47 Å². The minimum Gasteiger partial charge on any atom is -0.492 e. The summed E-state index contributed by atoms with van der Waals surface area (Å²) in [7, 11) is 0. The number of benzene rings is 3. The molecule has 1 aliphatic heterocycles. The van der Waals surface area contributed by atoms with E-state index in [1.165, 1.54) is 18.4 Å². The largest absolute Gasteiger partial charge is 0.492 e. The molecule has 5 rings (SSSR count). The summed E-state index contributed by atoms with van der Waals surface area (Å²) in [6, 6.07) is 26.8. The third-order valence-corrected chi connectivity index (χ3v) is 6.75. The number of hydrogen-bond donors (Lipinski definition) is 0. The first-order valence-electron chi connectivity index (χ1n) is 10.9. The van der Waals surface area contributed by atoms with Crippen molar-refractivity contribution in [2.45, 2.75) is 18.8 Å². The van der Waals surface area contributed by atoms with Crippen LogP contribution in [0.3, 0.4) is 0 Å². The molecule has 1 aliphatic rings. The highest BCUT2D eigenvalue weighted by Crippen LogP contribution is 2.32. The monoisotopic (exact) mass is 430 g/mol. The number of para-hydroxylation sites is 1. The molecule has 31 heavy (non-hydrogen) atoms. The predicted molar refractivity (Wildman–Crippen MR) is 126 cm³/mol. The number of nitrogens with zero attached hydrogens (tertiary/aromatic N) is 2. The van der Waals surface area contributed by atoms with Crippen molar-refractivity contribution in [3.63, 3.8) is 0 Å². The number of thiazole rings is 1. The van der Waals surface area contributed by atoms with Crippen LogP contribution in [0.4, 0.5) is 0 Å². The van der Waals surface area contributed by atoms with E-state index < -0.39 is 0 Å². The van der Waals surface area contributed by atoms with Crippen LogP contribution in [0.15, 0.2) is 78.9 Å². The number of hydrogen-bond acceptors (Lipinski definition) is 5. The molecular formula is C26H26N2O2S. The number of piperidine rings is 1. The van der Waals surface area contributed by atoms with Crippen LogP contribution in [0, 0.1) is 0 Å². The highest BCUT2D eigenvalue weighted by atomic mass is 32.1. The van der Waals surface area contributed by atoms with Crippen LogP contribution in [0.2, 0.25) is 0 Å². The van der Waals surface area contributed by atoms with Gasteiger partial charge in [-0.15, -0.1) is 0 Å². The Morgan fingerprint density at radius 3 is 2.32 bits per heavy atom. The van der Waals surface area contributed by atoms with E-state index in [4.69, 9.17) is 9.47 Å². The summed E-state index contributed by atoms with van der Waals surface area (Å²) in [4.78, 5) is 7.02. The first-order chi connectivity index (χ1) is 15.3. The minimum atomic E-state index is 0.661. The molecule has 3 aromatic carbocycles. The van der Waals surface area contributed by atoms with Gasteiger partial charge in [0.05, 0.1) is 10.2 Å². The molecule has 1 saturated heterocycles. The van der Waals surface area contributed by atoms with Crippen LogP contribution >= 0.6 is 11.3 Å². The van der Waals surface area contributed by atoms with E-state index in [0.717, 1.165) is 41.3 Å². The van der Waals surface area contributed by atoms with Crippen molar-refractivity contribution in [2.75, 3.05) is 26.2 Å². The van der Waals surface area contributed by atoms with Crippen LogP contribution < -0.4 is 9.47 Å². The van der Waals surface area contributed by atoms with Crippen molar-refractivity contribution < 1.29 is 9.47 Å². The van der Waals surface area contributed by atoms with Crippen molar-refractivity contribution in [3.8, 4) is 16.7 Å². The molecule has 0 aliphatic carbocycles. The van der Waals surface area contributed by atoms with Gasteiger partial charge in [-0.1, -0.05) is 53.8 Å². The number of ether oxygens (including phenoxy) is 2. The molecule has 5 heteroatoms. The molecule has 0 N–H and O–H groups in total. The standard InChI is InChI=1S/C26H26N2O2S/c1-2-6-20(7-3-1)21-14-16-28(17-15-21)18-19-29-22-10-12-23(13-11-22)30-26-27-24-8-4-5-9-25(24)31-26/h1-13,21H,14-19H2. The summed E-state index contributed by atoms with van der Waals surface area (Å²) >= 11 is 1.55. The lowest BCUT2D eigenvalue weighted by Crippen LogP contribution is -2.35. The Hall–Kier alpha value is -2.89. The molecule has 0 saturated carbocycles. The highest BCUT2D eigenvalue weighted by Gasteiger charge is 2.20. The minimum absolute atomic E-state index is 0.661. The lowest BCUT2D eigenvalue weighted by atomic mass is 9.89. The van der Waals surface area contributed by atoms with Crippen LogP contribution in [0.5, 0.6) is 16.7 Å². The third kappa shape index (κ3) is 5.06. The molecule has 0 radical (unpaired) electrons. The van der Waals surface area contributed by atoms with E-state index in [-0.39, 0.29) is 0 Å². The average molecular weight is 431 g/mol. The molecule has 0 spiro atoms. The molecule has 158 valence electrons. The van der Waals surface area contributed by atoms with Gasteiger partial charge in [-0.25, -0.2) is 4.98 Å². The Morgan fingerprint density at radius 2 is 1.55 bits per heavy atom. The first-order valence-corrected chi connectivity index (χ1v) is 11.7. The van der Waals surface area contributed by atoms with E-state index >= 15 is 0 Å². The van der Waals surface area contributed by atoms with Crippen molar-refractivity contribution in [2.24, 2.45) is 0 Å². The lowest BCUT2D eigenvalue weighted by molar-refractivity contribution is 0.173. The number of fused-ring (bicyclic) bond motifs is 1. The molecule has 2 heterocycles. The Kier molecular flexibility index (Phi) is 6.14. The molecule has 4 aromatic rings. The topological polar surface area (TPSA) is 34.6 Å². The van der Waals surface area contributed by atoms with Crippen LogP contribution in [-0.2, 0) is 0 Å². The van der Waals surface area contributed by atoms with E-state index in [1.54, 1.807) is 11.3 Å². The second-order valence-corrected chi connectivity index (χ2v) is 8.89. The summed E-state index contributed by atoms with van der Waals surface area (Å²) in [5.74, 6) is 2.34. The van der Waals surface area contributed by atoms with Crippen molar-refractivity contribution in [1.82, 2.24) is 9.88 Å². The number of likely N-dealkylation sites (tertiary alicyclic amines) is 1. The fourth-order valence-electron chi connectivity index (χ4n) is 4.11. The molecular weight excluding hydrogens is 404 g/mol. The molecule has 1 aromatic heterocycles. The van der Waals surface area contributed by atoms with Crippen molar-refractivity contribution in [1.29, 1.82) is 0 Å². The number of rotatable bonds is 7. The van der Waals surface area contributed by atoms with E-state index in [9.17, 15) is 0 Å². The summed E-state index contributed by atoms with van der Waals surface area (Å²) in [5.41, 5.74) is 2.45. The SMILES string of the molecule is c1ccc(C2CCN(CCOc3ccc(Oc4nc5ccccc5s4)cc3)CC2)cc1. The zero-order valence-corrected chi connectivity index (χ0v) is 18.3. The first kappa shape index (κ1) is 20.0. The van der Waals surface area contributed by atoms with E-state index in [1.807, 2.05) is 42.5 Å². The van der Waals surface area contributed by atoms with Gasteiger partial charge in [-0.05, 0) is 73.8 Å². The maximum Gasteiger partial charge on any atom is 0.279 e. The lowest BCUT2D eigenvalue weighted by Gasteiger charge is -2.32. The summed E-state index contributed by atoms with van der Waals surface area (Å²) < 4.78 is 13.0. The van der Waals surface area contributed by atoms with Crippen LogP contribution in [0.25, 0.3) is 10.2 Å². The van der Waals surface area contributed by atoms with Gasteiger partial charge in [-0.2, -0.15) is 0 Å². The molecule has 1 fully saturated rings. The molecule has 0 unspecified atom stereocenters. The Balaban J connectivity index is 1.07. The average Bonchev–Trinajstić information content (AvgIpc) is 3.24. The highest BCUT2D eigenvalue weighted by molar-refractivity contribution is 7.20. The Morgan fingerprint density at radius 1 is 0.839 bits per heavy atom. The Labute approximate surface area is 187 Å². The predicted octanol–water partition coefficient (Wildman–Crippen LogP) is 6.35. The zero-order valence-electron chi connectivity index (χ0n) is 17.4. The summed E-state index contributed by atoms with van der Waals surface area (Å²) in [6.07, 6.45) is 2.45. The van der Waals surface area contributed by atoms with Gasteiger partial charge >= 0.3 is 0 Å². The normalized spacial score (nSPS) is 15.2. The van der Waals surface area contributed by atoms with Crippen molar-refractivity contribution >= 4 is 21.6 Å². The molecule has 0 bridgehead atoms. The molecule has 4 nitrogen and oxygen atoms in total. The Bertz CT molecular complexity index is 1070. The van der Waals surface area contributed by atoms with E-state index in [2.05, 4.69) is 46.3 Å². The molecule has 0 amide bonds. The maximum atomic E-state index is 5.96. The van der Waals surface area contributed by atoms with Gasteiger partial charge in [0.2, 0.25) is 0 Å². The fourth-order valence-corrected chi connectivity index (χ4v) is 4.94. The zero-order chi connectivity index (χ0) is 20.9. The summed E-state index contributed by atoms with van der Waals surface area (Å²) in [6.45, 7) is 3.94. The second kappa shape index (κ2) is 9.50. The maximum absolute atomic E-state index is 5.96. The van der Waals surface area contributed by atoms with Gasteiger partial charge in [0.1, 0.15) is 18.1 Å². The van der Waals surface area contributed by atoms with Gasteiger partial charge in [0, 0.05) is 6.54 Å². The molecule has 0 atom stereocenters. The van der Waals surface area contributed by atoms with Gasteiger partial charge in [0.15, 0.2) is 0 Å². The van der Waals surface area contributed by atoms with E-state index in [0.29, 0.717) is 17.7 Å².